The summed E-state index contributed by atoms with van der Waals surface area (Å²) in [6, 6.07) is 5.30. The second-order valence-electron chi connectivity index (χ2n) is 4.12. The Balaban J connectivity index is 2.28. The van der Waals surface area contributed by atoms with Crippen LogP contribution >= 0.6 is 0 Å². The molecule has 96 valence electrons. The van der Waals surface area contributed by atoms with E-state index in [-0.39, 0.29) is 5.82 Å². The number of aromatic nitrogens is 2. The molecular formula is C14H18FN3. The van der Waals surface area contributed by atoms with Crippen LogP contribution in [0.5, 0.6) is 0 Å². The first-order valence-corrected chi connectivity index (χ1v) is 6.27. The van der Waals surface area contributed by atoms with Crippen molar-refractivity contribution in [1.29, 1.82) is 0 Å². The maximum absolute atomic E-state index is 13.9. The third-order valence-corrected chi connectivity index (χ3v) is 2.93. The van der Waals surface area contributed by atoms with E-state index in [0.717, 1.165) is 24.5 Å². The molecule has 0 unspecified atom stereocenters. The normalized spacial score (nSPS) is 10.8. The van der Waals surface area contributed by atoms with Gasteiger partial charge in [-0.15, -0.1) is 0 Å². The Kier molecular flexibility index (Phi) is 4.10. The van der Waals surface area contributed by atoms with Crippen LogP contribution < -0.4 is 5.32 Å². The molecule has 1 heterocycles. The fourth-order valence-electron chi connectivity index (χ4n) is 1.91. The van der Waals surface area contributed by atoms with Gasteiger partial charge >= 0.3 is 0 Å². The van der Waals surface area contributed by atoms with Gasteiger partial charge in [0.05, 0.1) is 0 Å². The third kappa shape index (κ3) is 2.59. The number of benzene rings is 1. The van der Waals surface area contributed by atoms with Crippen molar-refractivity contribution >= 4 is 0 Å². The van der Waals surface area contributed by atoms with E-state index in [1.165, 1.54) is 0 Å². The first kappa shape index (κ1) is 12.8. The first-order chi connectivity index (χ1) is 8.76. The molecule has 0 aliphatic rings. The van der Waals surface area contributed by atoms with E-state index in [9.17, 15) is 4.39 Å². The van der Waals surface area contributed by atoms with Crippen LogP contribution in [0.4, 0.5) is 4.39 Å². The maximum atomic E-state index is 13.9. The molecule has 0 spiro atoms. The van der Waals surface area contributed by atoms with Crippen molar-refractivity contribution in [3.05, 3.63) is 42.0 Å². The Morgan fingerprint density at radius 3 is 2.83 bits per heavy atom. The van der Waals surface area contributed by atoms with Crippen molar-refractivity contribution in [2.24, 2.45) is 0 Å². The van der Waals surface area contributed by atoms with Gasteiger partial charge in [0.25, 0.3) is 0 Å². The Hall–Kier alpha value is -1.68. The number of imidazole rings is 1. The summed E-state index contributed by atoms with van der Waals surface area (Å²) in [5.74, 6) is 0.630. The molecule has 4 heteroatoms. The summed E-state index contributed by atoms with van der Waals surface area (Å²) in [6.07, 6.45) is 3.64. The van der Waals surface area contributed by atoms with Crippen LogP contribution in [0.2, 0.25) is 0 Å². The predicted molar refractivity (Wildman–Crippen MR) is 70.7 cm³/mol. The third-order valence-electron chi connectivity index (χ3n) is 2.93. The van der Waals surface area contributed by atoms with Gasteiger partial charge in [0.2, 0.25) is 0 Å². The Labute approximate surface area is 107 Å². The number of nitrogens with zero attached hydrogens (tertiary/aromatic N) is 2. The van der Waals surface area contributed by atoms with Gasteiger partial charge in [0.15, 0.2) is 0 Å². The maximum Gasteiger partial charge on any atom is 0.139 e. The van der Waals surface area contributed by atoms with Crippen LogP contribution in [0.25, 0.3) is 11.4 Å². The molecule has 0 saturated heterocycles. The van der Waals surface area contributed by atoms with Gasteiger partial charge in [-0.3, -0.25) is 0 Å². The lowest BCUT2D eigenvalue weighted by atomic mass is 10.1. The average molecular weight is 247 g/mol. The van der Waals surface area contributed by atoms with E-state index in [2.05, 4.69) is 10.3 Å². The number of hydrogen-bond donors (Lipinski definition) is 1. The molecule has 0 radical (unpaired) electrons. The molecule has 18 heavy (non-hydrogen) atoms. The average Bonchev–Trinajstić information content (AvgIpc) is 2.85. The molecule has 2 aromatic rings. The Bertz CT molecular complexity index is 520. The topological polar surface area (TPSA) is 29.9 Å². The standard InChI is InChI=1S/C14H18FN3/c1-3-16-10-12-6-5-11(9-13(12)15)14-17-7-8-18(14)4-2/h5-9,16H,3-4,10H2,1-2H3. The van der Waals surface area contributed by atoms with E-state index in [1.54, 1.807) is 12.3 Å². The van der Waals surface area contributed by atoms with Crippen LogP contribution in [0.15, 0.2) is 30.6 Å². The summed E-state index contributed by atoms with van der Waals surface area (Å²) in [7, 11) is 0. The lowest BCUT2D eigenvalue weighted by molar-refractivity contribution is 0.593. The van der Waals surface area contributed by atoms with Crippen molar-refractivity contribution in [3.63, 3.8) is 0 Å². The van der Waals surface area contributed by atoms with Gasteiger partial charge < -0.3 is 9.88 Å². The molecule has 2 rings (SSSR count). The van der Waals surface area contributed by atoms with Gasteiger partial charge in [-0.25, -0.2) is 9.37 Å². The summed E-state index contributed by atoms with van der Waals surface area (Å²) < 4.78 is 15.9. The molecule has 0 fully saturated rings. The molecule has 1 N–H and O–H groups in total. The van der Waals surface area contributed by atoms with Gasteiger partial charge in [-0.1, -0.05) is 19.1 Å². The van der Waals surface area contributed by atoms with Crippen LogP contribution in [0, 0.1) is 5.82 Å². The monoisotopic (exact) mass is 247 g/mol. The Morgan fingerprint density at radius 1 is 1.33 bits per heavy atom. The summed E-state index contributed by atoms with van der Waals surface area (Å²) >= 11 is 0. The summed E-state index contributed by atoms with van der Waals surface area (Å²) in [5.41, 5.74) is 1.51. The minimum atomic E-state index is -0.181. The quantitative estimate of drug-likeness (QED) is 0.880. The lowest BCUT2D eigenvalue weighted by Gasteiger charge is -2.08. The zero-order valence-corrected chi connectivity index (χ0v) is 10.8. The molecule has 1 aromatic carbocycles. The van der Waals surface area contributed by atoms with E-state index < -0.39 is 0 Å². The molecule has 0 amide bonds. The summed E-state index contributed by atoms with van der Waals surface area (Å²) in [4.78, 5) is 4.27. The molecule has 0 bridgehead atoms. The molecule has 0 atom stereocenters. The number of hydrogen-bond acceptors (Lipinski definition) is 2. The number of halogens is 1. The largest absolute Gasteiger partial charge is 0.331 e. The van der Waals surface area contributed by atoms with E-state index in [4.69, 9.17) is 0 Å². The molecule has 0 aliphatic carbocycles. The van der Waals surface area contributed by atoms with Gasteiger partial charge in [0.1, 0.15) is 11.6 Å². The van der Waals surface area contributed by atoms with Crippen molar-refractivity contribution in [3.8, 4) is 11.4 Å². The highest BCUT2D eigenvalue weighted by Gasteiger charge is 2.08. The van der Waals surface area contributed by atoms with Crippen molar-refractivity contribution in [2.45, 2.75) is 26.9 Å². The van der Waals surface area contributed by atoms with Gasteiger partial charge in [-0.2, -0.15) is 0 Å². The van der Waals surface area contributed by atoms with E-state index in [1.807, 2.05) is 36.7 Å². The number of nitrogens with one attached hydrogen (secondary N) is 1. The molecule has 0 saturated carbocycles. The summed E-state index contributed by atoms with van der Waals surface area (Å²) in [6.45, 7) is 6.27. The van der Waals surface area contributed by atoms with Gasteiger partial charge in [-0.05, 0) is 19.5 Å². The van der Waals surface area contributed by atoms with Crippen LogP contribution in [-0.2, 0) is 13.1 Å². The molecule has 0 aliphatic heterocycles. The van der Waals surface area contributed by atoms with Crippen LogP contribution in [-0.4, -0.2) is 16.1 Å². The zero-order valence-electron chi connectivity index (χ0n) is 10.8. The first-order valence-electron chi connectivity index (χ1n) is 6.27. The second-order valence-corrected chi connectivity index (χ2v) is 4.12. The predicted octanol–water partition coefficient (Wildman–Crippen LogP) is 2.82. The lowest BCUT2D eigenvalue weighted by Crippen LogP contribution is -2.13. The van der Waals surface area contributed by atoms with Gasteiger partial charge in [0, 0.05) is 36.6 Å². The van der Waals surface area contributed by atoms with Crippen molar-refractivity contribution in [1.82, 2.24) is 14.9 Å². The fraction of sp³-hybridized carbons (Fsp3) is 0.357. The van der Waals surface area contributed by atoms with Crippen LogP contribution in [0.1, 0.15) is 19.4 Å². The minimum Gasteiger partial charge on any atom is -0.331 e. The van der Waals surface area contributed by atoms with E-state index >= 15 is 0 Å². The summed E-state index contributed by atoms with van der Waals surface area (Å²) in [5, 5.41) is 3.12. The van der Waals surface area contributed by atoms with Crippen molar-refractivity contribution < 1.29 is 4.39 Å². The zero-order chi connectivity index (χ0) is 13.0. The highest BCUT2D eigenvalue weighted by Crippen LogP contribution is 2.20. The number of aryl methyl sites for hydroxylation is 1. The highest BCUT2D eigenvalue weighted by atomic mass is 19.1. The SMILES string of the molecule is CCNCc1ccc(-c2nccn2CC)cc1F. The molecular weight excluding hydrogens is 229 g/mol. The van der Waals surface area contributed by atoms with Crippen molar-refractivity contribution in [2.75, 3.05) is 6.54 Å². The Morgan fingerprint density at radius 2 is 2.17 bits per heavy atom. The van der Waals surface area contributed by atoms with Crippen LogP contribution in [0.3, 0.4) is 0 Å². The smallest absolute Gasteiger partial charge is 0.139 e. The number of rotatable bonds is 5. The van der Waals surface area contributed by atoms with E-state index in [0.29, 0.717) is 12.1 Å². The fourth-order valence-corrected chi connectivity index (χ4v) is 1.91. The molecule has 3 nitrogen and oxygen atoms in total. The second kappa shape index (κ2) is 5.78. The minimum absolute atomic E-state index is 0.181. The molecule has 1 aromatic heterocycles. The highest BCUT2D eigenvalue weighted by molar-refractivity contribution is 5.56.